The van der Waals surface area contributed by atoms with E-state index in [0.717, 1.165) is 0 Å². The Balaban J connectivity index is 2.57. The van der Waals surface area contributed by atoms with Crippen molar-refractivity contribution in [3.63, 3.8) is 0 Å². The summed E-state index contributed by atoms with van der Waals surface area (Å²) in [6.45, 7) is 4.08. The number of nitrogens with one attached hydrogen (secondary N) is 1. The quantitative estimate of drug-likeness (QED) is 0.457. The molecule has 1 rings (SSSR count). The smallest absolute Gasteiger partial charge is 0.276 e. The Labute approximate surface area is 123 Å². The molecular formula is C15H20N2O4. The summed E-state index contributed by atoms with van der Waals surface area (Å²) in [6.07, 6.45) is 2.90. The van der Waals surface area contributed by atoms with Crippen LogP contribution < -0.4 is 5.32 Å². The van der Waals surface area contributed by atoms with E-state index >= 15 is 0 Å². The molecule has 2 atom stereocenters. The number of amides is 1. The molecule has 0 heterocycles. The number of para-hydroxylation sites is 1. The molecule has 1 amide bonds. The number of nitrogens with zero attached hydrogens (tertiary/aromatic N) is 1. The summed E-state index contributed by atoms with van der Waals surface area (Å²) in [5.41, 5.74) is 0.346. The van der Waals surface area contributed by atoms with Crippen LogP contribution in [0.5, 0.6) is 0 Å². The molecule has 0 aromatic heterocycles. The van der Waals surface area contributed by atoms with Crippen LogP contribution in [0.3, 0.4) is 0 Å². The number of hydrogen-bond donors (Lipinski definition) is 2. The summed E-state index contributed by atoms with van der Waals surface area (Å²) in [7, 11) is 0. The third kappa shape index (κ3) is 6.18. The van der Waals surface area contributed by atoms with Crippen molar-refractivity contribution in [2.24, 2.45) is 5.92 Å². The number of carbonyl (C=O) groups excluding carboxylic acids is 1. The van der Waals surface area contributed by atoms with Gasteiger partial charge in [-0.2, -0.15) is 0 Å². The van der Waals surface area contributed by atoms with Crippen LogP contribution in [0.1, 0.15) is 25.8 Å². The van der Waals surface area contributed by atoms with Crippen LogP contribution >= 0.6 is 0 Å². The molecule has 0 saturated heterocycles. The third-order valence-corrected chi connectivity index (χ3v) is 2.92. The average Bonchev–Trinajstić information content (AvgIpc) is 2.42. The van der Waals surface area contributed by atoms with Crippen molar-refractivity contribution in [2.45, 2.75) is 26.4 Å². The maximum atomic E-state index is 11.7. The highest BCUT2D eigenvalue weighted by molar-refractivity contribution is 5.92. The van der Waals surface area contributed by atoms with E-state index in [-0.39, 0.29) is 17.5 Å². The van der Waals surface area contributed by atoms with Gasteiger partial charge in [-0.05, 0) is 31.4 Å². The van der Waals surface area contributed by atoms with Gasteiger partial charge in [0.05, 0.1) is 16.6 Å². The maximum absolute atomic E-state index is 11.7. The molecule has 114 valence electrons. The van der Waals surface area contributed by atoms with Crippen molar-refractivity contribution in [1.82, 2.24) is 5.32 Å². The third-order valence-electron chi connectivity index (χ3n) is 2.92. The first kappa shape index (κ1) is 16.8. The molecule has 2 unspecified atom stereocenters. The summed E-state index contributed by atoms with van der Waals surface area (Å²) >= 11 is 0. The second-order valence-electron chi connectivity index (χ2n) is 5.08. The minimum Gasteiger partial charge on any atom is -0.393 e. The largest absolute Gasteiger partial charge is 0.393 e. The zero-order chi connectivity index (χ0) is 15.8. The Morgan fingerprint density at radius 3 is 2.71 bits per heavy atom. The molecule has 1 aromatic carbocycles. The summed E-state index contributed by atoms with van der Waals surface area (Å²) in [5, 5.41) is 22.8. The van der Waals surface area contributed by atoms with Gasteiger partial charge in [0, 0.05) is 18.7 Å². The van der Waals surface area contributed by atoms with Gasteiger partial charge in [0.2, 0.25) is 5.91 Å². The number of nitro benzene ring substituents is 1. The molecule has 0 aliphatic heterocycles. The molecular weight excluding hydrogens is 272 g/mol. The maximum Gasteiger partial charge on any atom is 0.276 e. The predicted molar refractivity (Wildman–Crippen MR) is 80.6 cm³/mol. The lowest BCUT2D eigenvalue weighted by Gasteiger charge is -2.13. The first-order chi connectivity index (χ1) is 9.90. The van der Waals surface area contributed by atoms with Crippen molar-refractivity contribution in [1.29, 1.82) is 0 Å². The monoisotopic (exact) mass is 292 g/mol. The number of nitro groups is 1. The SMILES string of the molecule is CC(O)CC(C)CNC(=O)C=Cc1ccccc1[N+](=O)[O-]. The van der Waals surface area contributed by atoms with Crippen LogP contribution in [0, 0.1) is 16.0 Å². The van der Waals surface area contributed by atoms with Gasteiger partial charge >= 0.3 is 0 Å². The first-order valence-corrected chi connectivity index (χ1v) is 6.77. The van der Waals surface area contributed by atoms with Gasteiger partial charge in [-0.25, -0.2) is 0 Å². The van der Waals surface area contributed by atoms with E-state index in [0.29, 0.717) is 18.5 Å². The summed E-state index contributed by atoms with van der Waals surface area (Å²) in [4.78, 5) is 22.0. The number of benzene rings is 1. The zero-order valence-corrected chi connectivity index (χ0v) is 12.2. The van der Waals surface area contributed by atoms with Crippen LogP contribution in [0.2, 0.25) is 0 Å². The van der Waals surface area contributed by atoms with E-state index in [1.807, 2.05) is 6.92 Å². The highest BCUT2D eigenvalue weighted by atomic mass is 16.6. The Morgan fingerprint density at radius 1 is 1.43 bits per heavy atom. The Kier molecular flexibility index (Phi) is 6.55. The Morgan fingerprint density at radius 2 is 2.10 bits per heavy atom. The molecule has 0 aliphatic rings. The van der Waals surface area contributed by atoms with Gasteiger partial charge in [0.1, 0.15) is 0 Å². The summed E-state index contributed by atoms with van der Waals surface area (Å²) < 4.78 is 0. The fourth-order valence-electron chi connectivity index (χ4n) is 1.96. The molecule has 0 saturated carbocycles. The Hall–Kier alpha value is -2.21. The van der Waals surface area contributed by atoms with E-state index in [1.165, 1.54) is 18.2 Å². The molecule has 2 N–H and O–H groups in total. The molecule has 0 spiro atoms. The highest BCUT2D eigenvalue weighted by Gasteiger charge is 2.10. The minimum atomic E-state index is -0.484. The van der Waals surface area contributed by atoms with Crippen molar-refractivity contribution in [3.8, 4) is 0 Å². The highest BCUT2D eigenvalue weighted by Crippen LogP contribution is 2.18. The lowest BCUT2D eigenvalue weighted by atomic mass is 10.0. The number of carbonyl (C=O) groups is 1. The summed E-state index contributed by atoms with van der Waals surface area (Å²) in [5.74, 6) is -0.154. The molecule has 0 aliphatic carbocycles. The second kappa shape index (κ2) is 8.16. The molecule has 0 fully saturated rings. The fraction of sp³-hybridized carbons (Fsp3) is 0.400. The summed E-state index contributed by atoms with van der Waals surface area (Å²) in [6, 6.07) is 6.23. The van der Waals surface area contributed by atoms with Gasteiger partial charge in [-0.1, -0.05) is 19.1 Å². The standard InChI is InChI=1S/C15H20N2O4/c1-11(9-12(2)18)10-16-15(19)8-7-13-5-3-4-6-14(13)17(20)21/h3-8,11-12,18H,9-10H2,1-2H3,(H,16,19). The van der Waals surface area contributed by atoms with Crippen LogP contribution in [0.4, 0.5) is 5.69 Å². The first-order valence-electron chi connectivity index (χ1n) is 6.77. The molecule has 21 heavy (non-hydrogen) atoms. The van der Waals surface area contributed by atoms with Crippen molar-refractivity contribution < 1.29 is 14.8 Å². The van der Waals surface area contributed by atoms with Crippen molar-refractivity contribution >= 4 is 17.7 Å². The van der Waals surface area contributed by atoms with Gasteiger partial charge in [-0.15, -0.1) is 0 Å². The molecule has 6 nitrogen and oxygen atoms in total. The minimum absolute atomic E-state index is 0.0379. The van der Waals surface area contributed by atoms with E-state index in [4.69, 9.17) is 0 Å². The van der Waals surface area contributed by atoms with E-state index in [9.17, 15) is 20.0 Å². The van der Waals surface area contributed by atoms with Gasteiger partial charge in [0.25, 0.3) is 5.69 Å². The molecule has 0 bridgehead atoms. The number of hydrogen-bond acceptors (Lipinski definition) is 4. The zero-order valence-electron chi connectivity index (χ0n) is 12.2. The van der Waals surface area contributed by atoms with E-state index in [2.05, 4.69) is 5.32 Å². The van der Waals surface area contributed by atoms with Gasteiger partial charge < -0.3 is 10.4 Å². The normalized spacial score (nSPS) is 13.9. The van der Waals surface area contributed by atoms with Crippen molar-refractivity contribution in [3.05, 3.63) is 46.0 Å². The number of aliphatic hydroxyl groups is 1. The van der Waals surface area contributed by atoms with E-state index < -0.39 is 11.0 Å². The lowest BCUT2D eigenvalue weighted by molar-refractivity contribution is -0.385. The van der Waals surface area contributed by atoms with Crippen LogP contribution in [0.25, 0.3) is 6.08 Å². The van der Waals surface area contributed by atoms with Gasteiger partial charge in [-0.3, -0.25) is 14.9 Å². The molecule has 1 aromatic rings. The molecule has 0 radical (unpaired) electrons. The lowest BCUT2D eigenvalue weighted by Crippen LogP contribution is -2.27. The average molecular weight is 292 g/mol. The van der Waals surface area contributed by atoms with E-state index in [1.54, 1.807) is 25.1 Å². The van der Waals surface area contributed by atoms with Gasteiger partial charge in [0.15, 0.2) is 0 Å². The van der Waals surface area contributed by atoms with Crippen LogP contribution in [-0.2, 0) is 4.79 Å². The number of aliphatic hydroxyl groups excluding tert-OH is 1. The topological polar surface area (TPSA) is 92.5 Å². The predicted octanol–water partition coefficient (Wildman–Crippen LogP) is 2.13. The van der Waals surface area contributed by atoms with Crippen LogP contribution in [0.15, 0.2) is 30.3 Å². The van der Waals surface area contributed by atoms with Crippen LogP contribution in [-0.4, -0.2) is 28.6 Å². The Bertz CT molecular complexity index is 526. The molecule has 6 heteroatoms. The second-order valence-corrected chi connectivity index (χ2v) is 5.08. The van der Waals surface area contributed by atoms with Crippen molar-refractivity contribution in [2.75, 3.05) is 6.54 Å². The number of rotatable bonds is 7. The fourth-order valence-corrected chi connectivity index (χ4v) is 1.96.